The number of likely N-dealkylation sites (tertiary alicyclic amines) is 1. The lowest BCUT2D eigenvalue weighted by molar-refractivity contribution is -0.147. The summed E-state index contributed by atoms with van der Waals surface area (Å²) in [5.41, 5.74) is 0.953. The minimum absolute atomic E-state index is 0.186. The number of para-hydroxylation sites is 1. The lowest BCUT2D eigenvalue weighted by Crippen LogP contribution is -2.62. The lowest BCUT2D eigenvalue weighted by Gasteiger charge is -2.43. The van der Waals surface area contributed by atoms with Gasteiger partial charge in [0.25, 0.3) is 0 Å². The van der Waals surface area contributed by atoms with Crippen molar-refractivity contribution in [3.8, 4) is 11.5 Å². The molecular weight excluding hydrogens is 322 g/mol. The van der Waals surface area contributed by atoms with Gasteiger partial charge in [-0.1, -0.05) is 30.3 Å². The molecule has 1 aliphatic heterocycles. The Labute approximate surface area is 146 Å². The zero-order valence-electron chi connectivity index (χ0n) is 13.8. The normalized spacial score (nSPS) is 27.2. The number of hydrogen-bond acceptors (Lipinski definition) is 6. The number of benzene rings is 2. The van der Waals surface area contributed by atoms with Gasteiger partial charge < -0.3 is 25.2 Å². The maximum Gasteiger partial charge on any atom is 0.127 e. The first-order chi connectivity index (χ1) is 12.1. The molecule has 0 aromatic heterocycles. The molecule has 134 valence electrons. The molecule has 2 aromatic carbocycles. The summed E-state index contributed by atoms with van der Waals surface area (Å²) in [4.78, 5) is 1.77. The van der Waals surface area contributed by atoms with Crippen LogP contribution in [0.15, 0.2) is 54.6 Å². The van der Waals surface area contributed by atoms with Gasteiger partial charge in [-0.05, 0) is 29.8 Å². The maximum atomic E-state index is 10.0. The van der Waals surface area contributed by atoms with Gasteiger partial charge in [0.15, 0.2) is 0 Å². The average Bonchev–Trinajstić information content (AvgIpc) is 2.63. The van der Waals surface area contributed by atoms with Crippen LogP contribution in [0, 0.1) is 0 Å². The van der Waals surface area contributed by atoms with E-state index < -0.39 is 24.4 Å². The first-order valence-corrected chi connectivity index (χ1v) is 8.29. The van der Waals surface area contributed by atoms with Crippen molar-refractivity contribution in [1.29, 1.82) is 0 Å². The minimum Gasteiger partial charge on any atom is -0.457 e. The van der Waals surface area contributed by atoms with Gasteiger partial charge in [-0.3, -0.25) is 4.90 Å². The van der Waals surface area contributed by atoms with E-state index in [1.165, 1.54) is 0 Å². The van der Waals surface area contributed by atoms with E-state index in [1.807, 2.05) is 54.6 Å². The second-order valence-electron chi connectivity index (χ2n) is 6.29. The number of β-amino-alcohol motifs (C(OH)–C–C–N with tert-alkyl or cyclic N) is 1. The highest BCUT2D eigenvalue weighted by Gasteiger charge is 2.40. The van der Waals surface area contributed by atoms with Gasteiger partial charge in [-0.15, -0.1) is 0 Å². The van der Waals surface area contributed by atoms with Crippen molar-refractivity contribution in [2.24, 2.45) is 0 Å². The molecule has 0 amide bonds. The molecule has 0 unspecified atom stereocenters. The summed E-state index contributed by atoms with van der Waals surface area (Å²) in [5.74, 6) is 1.47. The third kappa shape index (κ3) is 4.18. The van der Waals surface area contributed by atoms with Gasteiger partial charge in [0.2, 0.25) is 0 Å². The lowest BCUT2D eigenvalue weighted by atomic mass is 9.94. The number of piperidine rings is 1. The molecule has 2 aromatic rings. The van der Waals surface area contributed by atoms with Crippen LogP contribution >= 0.6 is 0 Å². The monoisotopic (exact) mass is 345 g/mol. The maximum absolute atomic E-state index is 10.0. The van der Waals surface area contributed by atoms with Crippen molar-refractivity contribution in [1.82, 2.24) is 4.90 Å². The molecule has 4 atom stereocenters. The van der Waals surface area contributed by atoms with E-state index in [4.69, 9.17) is 4.74 Å². The SMILES string of the molecule is OC[C@H]1[C@@H](O)[C@H](O)[C@@H](O)CN1Cc1ccc(Oc2ccccc2)cc1. The van der Waals surface area contributed by atoms with Crippen LogP contribution in [0.2, 0.25) is 0 Å². The zero-order chi connectivity index (χ0) is 17.8. The van der Waals surface area contributed by atoms with Gasteiger partial charge in [0.05, 0.1) is 18.8 Å². The summed E-state index contributed by atoms with van der Waals surface area (Å²) in [5, 5.41) is 39.2. The molecule has 0 bridgehead atoms. The number of nitrogens with zero attached hydrogens (tertiary/aromatic N) is 1. The molecule has 6 heteroatoms. The Bertz CT molecular complexity index is 663. The Morgan fingerprint density at radius 3 is 2.16 bits per heavy atom. The first kappa shape index (κ1) is 17.8. The van der Waals surface area contributed by atoms with Gasteiger partial charge in [0, 0.05) is 13.1 Å². The quantitative estimate of drug-likeness (QED) is 0.639. The molecule has 6 nitrogen and oxygen atoms in total. The highest BCUT2D eigenvalue weighted by Crippen LogP contribution is 2.24. The molecule has 1 fully saturated rings. The highest BCUT2D eigenvalue weighted by molar-refractivity contribution is 5.33. The predicted molar refractivity (Wildman–Crippen MR) is 92.3 cm³/mol. The number of hydrogen-bond donors (Lipinski definition) is 4. The number of aliphatic hydroxyl groups is 4. The van der Waals surface area contributed by atoms with E-state index in [-0.39, 0.29) is 13.2 Å². The highest BCUT2D eigenvalue weighted by atomic mass is 16.5. The summed E-state index contributed by atoms with van der Waals surface area (Å²) < 4.78 is 5.75. The Kier molecular flexibility index (Phi) is 5.67. The summed E-state index contributed by atoms with van der Waals surface area (Å²) in [6.45, 7) is 0.337. The molecule has 1 aliphatic rings. The van der Waals surface area contributed by atoms with Crippen molar-refractivity contribution in [2.75, 3.05) is 13.2 Å². The van der Waals surface area contributed by atoms with Crippen LogP contribution in [0.4, 0.5) is 0 Å². The van der Waals surface area contributed by atoms with Gasteiger partial charge >= 0.3 is 0 Å². The van der Waals surface area contributed by atoms with Gasteiger partial charge in [-0.25, -0.2) is 0 Å². The molecule has 1 heterocycles. The molecule has 0 aliphatic carbocycles. The zero-order valence-corrected chi connectivity index (χ0v) is 13.8. The van der Waals surface area contributed by atoms with E-state index >= 15 is 0 Å². The number of aliphatic hydroxyl groups excluding tert-OH is 4. The van der Waals surface area contributed by atoms with Crippen molar-refractivity contribution in [3.63, 3.8) is 0 Å². The topological polar surface area (TPSA) is 93.4 Å². The van der Waals surface area contributed by atoms with Crippen LogP contribution in [0.5, 0.6) is 11.5 Å². The fourth-order valence-electron chi connectivity index (χ4n) is 3.08. The number of ether oxygens (including phenoxy) is 1. The molecule has 0 spiro atoms. The fourth-order valence-corrected chi connectivity index (χ4v) is 3.08. The van der Waals surface area contributed by atoms with Crippen LogP contribution in [-0.4, -0.2) is 62.8 Å². The third-order valence-corrected chi connectivity index (χ3v) is 4.50. The predicted octanol–water partition coefficient (Wildman–Crippen LogP) is 0.738. The Morgan fingerprint density at radius 2 is 1.52 bits per heavy atom. The number of rotatable bonds is 5. The van der Waals surface area contributed by atoms with Gasteiger partial charge in [-0.2, -0.15) is 0 Å². The van der Waals surface area contributed by atoms with Crippen LogP contribution < -0.4 is 4.74 Å². The fraction of sp³-hybridized carbons (Fsp3) is 0.368. The molecule has 25 heavy (non-hydrogen) atoms. The molecule has 0 radical (unpaired) electrons. The largest absolute Gasteiger partial charge is 0.457 e. The molecule has 1 saturated heterocycles. The summed E-state index contributed by atoms with van der Waals surface area (Å²) in [6, 6.07) is 16.4. The molecular formula is C19H23NO5. The second-order valence-corrected chi connectivity index (χ2v) is 6.29. The smallest absolute Gasteiger partial charge is 0.127 e. The first-order valence-electron chi connectivity index (χ1n) is 8.29. The van der Waals surface area contributed by atoms with E-state index in [2.05, 4.69) is 0 Å². The standard InChI is InChI=1S/C19H23NO5/c21-12-16-18(23)19(24)17(22)11-20(16)10-13-6-8-15(9-7-13)25-14-4-2-1-3-5-14/h1-9,16-19,21-24H,10-12H2/t16-,17-,18+,19+/m0/s1. The Hall–Kier alpha value is -1.96. The van der Waals surface area contributed by atoms with E-state index in [0.717, 1.165) is 11.3 Å². The minimum atomic E-state index is -1.24. The molecule has 4 N–H and O–H groups in total. The van der Waals surface area contributed by atoms with E-state index in [1.54, 1.807) is 4.90 Å². The van der Waals surface area contributed by atoms with E-state index in [9.17, 15) is 20.4 Å². The second kappa shape index (κ2) is 7.95. The van der Waals surface area contributed by atoms with Crippen LogP contribution in [-0.2, 0) is 6.54 Å². The third-order valence-electron chi connectivity index (χ3n) is 4.50. The molecule has 0 saturated carbocycles. The van der Waals surface area contributed by atoms with Crippen LogP contribution in [0.3, 0.4) is 0 Å². The average molecular weight is 345 g/mol. The molecule has 3 rings (SSSR count). The van der Waals surface area contributed by atoms with Crippen molar-refractivity contribution in [2.45, 2.75) is 30.9 Å². The Morgan fingerprint density at radius 1 is 0.880 bits per heavy atom. The van der Waals surface area contributed by atoms with Crippen LogP contribution in [0.25, 0.3) is 0 Å². The summed E-state index contributed by atoms with van der Waals surface area (Å²) in [7, 11) is 0. The van der Waals surface area contributed by atoms with Gasteiger partial charge in [0.1, 0.15) is 23.7 Å². The summed E-state index contributed by atoms with van der Waals surface area (Å²) >= 11 is 0. The van der Waals surface area contributed by atoms with Crippen molar-refractivity contribution >= 4 is 0 Å². The van der Waals surface area contributed by atoms with Crippen molar-refractivity contribution < 1.29 is 25.2 Å². The summed E-state index contributed by atoms with van der Waals surface area (Å²) in [6.07, 6.45) is -3.47. The van der Waals surface area contributed by atoms with Crippen LogP contribution in [0.1, 0.15) is 5.56 Å². The Balaban J connectivity index is 1.66. The van der Waals surface area contributed by atoms with Crippen molar-refractivity contribution in [3.05, 3.63) is 60.2 Å². The van der Waals surface area contributed by atoms with E-state index in [0.29, 0.717) is 12.3 Å².